The molecule has 0 unspecified atom stereocenters. The van der Waals surface area contributed by atoms with Gasteiger partial charge in [-0.2, -0.15) is 0 Å². The third-order valence-electron chi connectivity index (χ3n) is 4.04. The molecular weight excluding hydrogens is 150 g/mol. The third-order valence-corrected chi connectivity index (χ3v) is 4.04. The molecule has 0 heterocycles. The fourth-order valence-corrected chi connectivity index (χ4v) is 2.92. The Morgan fingerprint density at radius 2 is 1.50 bits per heavy atom. The fraction of sp³-hybridized carbons (Fsp3) is 1.00. The number of hydrogen-bond donors (Lipinski definition) is 2. The van der Waals surface area contributed by atoms with E-state index in [1.807, 2.05) is 0 Å². The maximum atomic E-state index is 9.97. The lowest BCUT2D eigenvalue weighted by Crippen LogP contribution is -2.46. The minimum atomic E-state index is -0.281. The Bertz CT molecular complexity index is 154. The van der Waals surface area contributed by atoms with E-state index in [1.54, 1.807) is 0 Å². The van der Waals surface area contributed by atoms with Crippen molar-refractivity contribution in [2.24, 2.45) is 11.1 Å². The van der Waals surface area contributed by atoms with Crippen molar-refractivity contribution in [3.63, 3.8) is 0 Å². The van der Waals surface area contributed by atoms with Crippen molar-refractivity contribution in [3.8, 4) is 0 Å². The molecule has 2 bridgehead atoms. The minimum absolute atomic E-state index is 0.281. The van der Waals surface area contributed by atoms with E-state index in [9.17, 15) is 5.11 Å². The monoisotopic (exact) mass is 169 g/mol. The molecule has 3 aliphatic rings. The van der Waals surface area contributed by atoms with E-state index in [-0.39, 0.29) is 5.60 Å². The molecule has 0 saturated heterocycles. The second kappa shape index (κ2) is 2.71. The molecule has 3 rings (SSSR count). The smallest absolute Gasteiger partial charge is 0.0648 e. The quantitative estimate of drug-likeness (QED) is 0.656. The Morgan fingerprint density at radius 3 is 1.92 bits per heavy atom. The molecule has 0 aromatic rings. The summed E-state index contributed by atoms with van der Waals surface area (Å²) in [5, 5.41) is 9.97. The van der Waals surface area contributed by atoms with Crippen LogP contribution in [0.1, 0.15) is 44.9 Å². The van der Waals surface area contributed by atoms with Gasteiger partial charge < -0.3 is 10.8 Å². The molecule has 2 heteroatoms. The van der Waals surface area contributed by atoms with E-state index in [0.717, 1.165) is 25.8 Å². The number of aliphatic hydroxyl groups is 1. The Balaban J connectivity index is 2.04. The molecule has 3 aliphatic carbocycles. The topological polar surface area (TPSA) is 46.2 Å². The van der Waals surface area contributed by atoms with Crippen LogP contribution >= 0.6 is 0 Å². The van der Waals surface area contributed by atoms with Gasteiger partial charge in [0, 0.05) is 0 Å². The van der Waals surface area contributed by atoms with Gasteiger partial charge in [-0.3, -0.25) is 0 Å². The van der Waals surface area contributed by atoms with E-state index in [1.165, 1.54) is 25.7 Å². The molecule has 0 aromatic carbocycles. The van der Waals surface area contributed by atoms with Crippen molar-refractivity contribution >= 4 is 0 Å². The van der Waals surface area contributed by atoms with E-state index in [2.05, 4.69) is 0 Å². The van der Waals surface area contributed by atoms with Crippen molar-refractivity contribution in [1.82, 2.24) is 0 Å². The van der Waals surface area contributed by atoms with Crippen LogP contribution in [0.4, 0.5) is 0 Å². The molecule has 3 N–H and O–H groups in total. The Morgan fingerprint density at radius 1 is 1.00 bits per heavy atom. The normalized spacial score (nSPS) is 46.5. The molecule has 0 atom stereocenters. The summed E-state index contributed by atoms with van der Waals surface area (Å²) in [5.41, 5.74) is 5.85. The molecule has 0 radical (unpaired) electrons. The van der Waals surface area contributed by atoms with Crippen LogP contribution in [0.25, 0.3) is 0 Å². The van der Waals surface area contributed by atoms with Gasteiger partial charge >= 0.3 is 0 Å². The van der Waals surface area contributed by atoms with Gasteiger partial charge in [-0.15, -0.1) is 0 Å². The van der Waals surface area contributed by atoms with Crippen LogP contribution in [0, 0.1) is 5.41 Å². The van der Waals surface area contributed by atoms with Crippen LogP contribution in [0.5, 0.6) is 0 Å². The summed E-state index contributed by atoms with van der Waals surface area (Å²) in [6.45, 7) is 0.818. The Labute approximate surface area is 74.1 Å². The van der Waals surface area contributed by atoms with Crippen LogP contribution in [0.3, 0.4) is 0 Å². The largest absolute Gasteiger partial charge is 0.390 e. The van der Waals surface area contributed by atoms with Crippen molar-refractivity contribution in [2.45, 2.75) is 50.5 Å². The molecule has 2 nitrogen and oxygen atoms in total. The summed E-state index contributed by atoms with van der Waals surface area (Å²) in [6, 6.07) is 0. The van der Waals surface area contributed by atoms with Crippen LogP contribution < -0.4 is 5.73 Å². The lowest BCUT2D eigenvalue weighted by Gasteiger charge is -2.51. The van der Waals surface area contributed by atoms with E-state index in [0.29, 0.717) is 5.41 Å². The first-order valence-electron chi connectivity index (χ1n) is 5.11. The first kappa shape index (κ1) is 8.52. The van der Waals surface area contributed by atoms with Crippen LogP contribution in [0.2, 0.25) is 0 Å². The summed E-state index contributed by atoms with van der Waals surface area (Å²) in [6.07, 6.45) is 7.86. The SMILES string of the molecule is NCCC12CCC(O)(CC1)CC2. The highest BCUT2D eigenvalue weighted by Gasteiger charge is 2.46. The first-order chi connectivity index (χ1) is 5.68. The van der Waals surface area contributed by atoms with E-state index in [4.69, 9.17) is 5.73 Å². The van der Waals surface area contributed by atoms with Gasteiger partial charge in [0.05, 0.1) is 5.60 Å². The predicted molar refractivity (Wildman–Crippen MR) is 48.8 cm³/mol. The van der Waals surface area contributed by atoms with Gasteiger partial charge in [0.25, 0.3) is 0 Å². The van der Waals surface area contributed by atoms with E-state index < -0.39 is 0 Å². The fourth-order valence-electron chi connectivity index (χ4n) is 2.92. The lowest BCUT2D eigenvalue weighted by atomic mass is 9.57. The highest BCUT2D eigenvalue weighted by molar-refractivity contribution is 4.99. The average Bonchev–Trinajstić information content (AvgIpc) is 2.08. The van der Waals surface area contributed by atoms with Crippen LogP contribution in [0.15, 0.2) is 0 Å². The summed E-state index contributed by atoms with van der Waals surface area (Å²) in [5.74, 6) is 0. The summed E-state index contributed by atoms with van der Waals surface area (Å²) in [4.78, 5) is 0. The molecule has 3 saturated carbocycles. The molecule has 3 fully saturated rings. The summed E-state index contributed by atoms with van der Waals surface area (Å²) in [7, 11) is 0. The Kier molecular flexibility index (Phi) is 1.92. The minimum Gasteiger partial charge on any atom is -0.390 e. The second-order valence-electron chi connectivity index (χ2n) is 4.76. The van der Waals surface area contributed by atoms with Crippen molar-refractivity contribution in [3.05, 3.63) is 0 Å². The maximum absolute atomic E-state index is 9.97. The number of fused-ring (bicyclic) bond motifs is 3. The van der Waals surface area contributed by atoms with Crippen molar-refractivity contribution in [1.29, 1.82) is 0 Å². The van der Waals surface area contributed by atoms with E-state index >= 15 is 0 Å². The summed E-state index contributed by atoms with van der Waals surface area (Å²) >= 11 is 0. The highest BCUT2D eigenvalue weighted by atomic mass is 16.3. The van der Waals surface area contributed by atoms with Crippen LogP contribution in [-0.4, -0.2) is 17.3 Å². The molecule has 12 heavy (non-hydrogen) atoms. The number of rotatable bonds is 2. The Hall–Kier alpha value is -0.0800. The van der Waals surface area contributed by atoms with Gasteiger partial charge in [-0.1, -0.05) is 0 Å². The summed E-state index contributed by atoms with van der Waals surface area (Å²) < 4.78 is 0. The zero-order chi connectivity index (χ0) is 8.66. The van der Waals surface area contributed by atoms with Crippen molar-refractivity contribution < 1.29 is 5.11 Å². The number of hydrogen-bond acceptors (Lipinski definition) is 2. The van der Waals surface area contributed by atoms with Gasteiger partial charge in [0.1, 0.15) is 0 Å². The number of nitrogens with two attached hydrogens (primary N) is 1. The molecule has 0 amide bonds. The average molecular weight is 169 g/mol. The van der Waals surface area contributed by atoms with Gasteiger partial charge in [0.15, 0.2) is 0 Å². The second-order valence-corrected chi connectivity index (χ2v) is 4.76. The molecule has 0 spiro atoms. The molecule has 0 aliphatic heterocycles. The molecule has 70 valence electrons. The van der Waals surface area contributed by atoms with Gasteiger partial charge in [0.2, 0.25) is 0 Å². The first-order valence-corrected chi connectivity index (χ1v) is 5.11. The highest BCUT2D eigenvalue weighted by Crippen LogP contribution is 2.53. The molecular formula is C10H19NO. The van der Waals surface area contributed by atoms with Crippen molar-refractivity contribution in [2.75, 3.05) is 6.54 Å². The molecule has 0 aromatic heterocycles. The zero-order valence-corrected chi connectivity index (χ0v) is 7.68. The maximum Gasteiger partial charge on any atom is 0.0648 e. The predicted octanol–water partition coefficient (Wildman–Crippen LogP) is 1.42. The van der Waals surface area contributed by atoms with Gasteiger partial charge in [-0.25, -0.2) is 0 Å². The van der Waals surface area contributed by atoms with Gasteiger partial charge in [-0.05, 0) is 56.9 Å². The third kappa shape index (κ3) is 1.27. The zero-order valence-electron chi connectivity index (χ0n) is 7.68. The lowest BCUT2D eigenvalue weighted by molar-refractivity contribution is -0.0934. The standard InChI is InChI=1S/C10H19NO/c11-8-7-9-1-4-10(12,5-2-9)6-3-9/h12H,1-8,11H2. The van der Waals surface area contributed by atoms with Crippen LogP contribution in [-0.2, 0) is 0 Å².